The molecule has 0 spiro atoms. The summed E-state index contributed by atoms with van der Waals surface area (Å²) < 4.78 is 0. The molecule has 1 unspecified atom stereocenters. The number of carbonyl (C=O) groups is 2. The van der Waals surface area contributed by atoms with Gasteiger partial charge in [-0.3, -0.25) is 9.59 Å². The van der Waals surface area contributed by atoms with Crippen LogP contribution in [0.5, 0.6) is 5.75 Å². The number of halogens is 1. The third-order valence-corrected chi connectivity index (χ3v) is 2.36. The summed E-state index contributed by atoms with van der Waals surface area (Å²) in [6.07, 6.45) is 0.0850. The molecule has 17 heavy (non-hydrogen) atoms. The summed E-state index contributed by atoms with van der Waals surface area (Å²) in [6, 6.07) is 3.98. The zero-order valence-corrected chi connectivity index (χ0v) is 10.6. The zero-order chi connectivity index (χ0) is 12.3. The Hall–Kier alpha value is -1.39. The number of carbonyl (C=O) groups excluding carboxylic acids is 2. The topological polar surface area (TPSA) is 80.4 Å². The molecule has 0 saturated carbocycles. The molecule has 0 bridgehead atoms. The van der Waals surface area contributed by atoms with Crippen LogP contribution in [0.1, 0.15) is 29.8 Å². The average Bonchev–Trinajstić information content (AvgIpc) is 2.20. The van der Waals surface area contributed by atoms with Gasteiger partial charge < -0.3 is 10.8 Å². The van der Waals surface area contributed by atoms with Crippen molar-refractivity contribution in [3.05, 3.63) is 29.3 Å². The monoisotopic (exact) mass is 257 g/mol. The number of hydrogen-bond donors (Lipinski definition) is 2. The first kappa shape index (κ1) is 15.6. The minimum absolute atomic E-state index is 0. The Balaban J connectivity index is 0.00000256. The van der Waals surface area contributed by atoms with Gasteiger partial charge in [0.25, 0.3) is 0 Å². The molecule has 1 atom stereocenters. The molecule has 0 radical (unpaired) electrons. The number of ketones is 2. The van der Waals surface area contributed by atoms with Crippen molar-refractivity contribution >= 4 is 24.0 Å². The molecule has 0 aromatic heterocycles. The van der Waals surface area contributed by atoms with Gasteiger partial charge in [-0.2, -0.15) is 0 Å². The van der Waals surface area contributed by atoms with Crippen molar-refractivity contribution in [2.45, 2.75) is 26.3 Å². The predicted molar refractivity (Wildman–Crippen MR) is 67.7 cm³/mol. The van der Waals surface area contributed by atoms with E-state index in [1.165, 1.54) is 13.0 Å². The first-order valence-electron chi connectivity index (χ1n) is 5.03. The minimum Gasteiger partial charge on any atom is -0.508 e. The molecule has 0 amide bonds. The minimum atomic E-state index is -0.549. The van der Waals surface area contributed by atoms with Crippen molar-refractivity contribution in [3.8, 4) is 5.75 Å². The van der Waals surface area contributed by atoms with E-state index in [1.54, 1.807) is 19.1 Å². The Morgan fingerprint density at radius 3 is 2.41 bits per heavy atom. The van der Waals surface area contributed by atoms with Crippen LogP contribution in [0.2, 0.25) is 0 Å². The van der Waals surface area contributed by atoms with E-state index in [9.17, 15) is 14.7 Å². The smallest absolute Gasteiger partial charge is 0.159 e. The normalized spacial score (nSPS) is 11.5. The molecule has 4 nitrogen and oxygen atoms in total. The van der Waals surface area contributed by atoms with Crippen LogP contribution in [0.25, 0.3) is 0 Å². The van der Waals surface area contributed by atoms with E-state index in [-0.39, 0.29) is 36.1 Å². The average molecular weight is 258 g/mol. The number of rotatable bonds is 4. The van der Waals surface area contributed by atoms with Gasteiger partial charge in [0.15, 0.2) is 11.6 Å². The lowest BCUT2D eigenvalue weighted by atomic mass is 10.0. The Kier molecular flexibility index (Phi) is 5.85. The van der Waals surface area contributed by atoms with Crippen molar-refractivity contribution < 1.29 is 14.7 Å². The number of phenolic OH excluding ortho intramolecular Hbond substituents is 1. The molecule has 94 valence electrons. The lowest BCUT2D eigenvalue weighted by Gasteiger charge is -2.07. The maximum Gasteiger partial charge on any atom is 0.159 e. The first-order valence-corrected chi connectivity index (χ1v) is 5.03. The van der Waals surface area contributed by atoms with Gasteiger partial charge in [-0.05, 0) is 19.9 Å². The summed E-state index contributed by atoms with van der Waals surface area (Å²) in [5, 5.41) is 9.63. The molecule has 5 heteroatoms. The molecule has 0 aliphatic carbocycles. The molecule has 0 aliphatic rings. The quantitative estimate of drug-likeness (QED) is 0.801. The van der Waals surface area contributed by atoms with E-state index in [0.717, 1.165) is 0 Å². The fourth-order valence-electron chi connectivity index (χ4n) is 1.28. The van der Waals surface area contributed by atoms with Crippen molar-refractivity contribution in [2.24, 2.45) is 5.73 Å². The van der Waals surface area contributed by atoms with Crippen LogP contribution in [0.4, 0.5) is 0 Å². The fraction of sp³-hybridized carbons (Fsp3) is 0.333. The van der Waals surface area contributed by atoms with E-state index in [2.05, 4.69) is 0 Å². The number of phenols is 1. The van der Waals surface area contributed by atoms with Gasteiger partial charge in [0.2, 0.25) is 0 Å². The molecule has 0 aliphatic heterocycles. The summed E-state index contributed by atoms with van der Waals surface area (Å²) in [6.45, 7) is 3.02. The third-order valence-electron chi connectivity index (χ3n) is 2.36. The maximum atomic E-state index is 11.4. The molecule has 1 aromatic rings. The van der Waals surface area contributed by atoms with Crippen molar-refractivity contribution in [2.75, 3.05) is 0 Å². The van der Waals surface area contributed by atoms with Gasteiger partial charge in [-0.25, -0.2) is 0 Å². The van der Waals surface area contributed by atoms with Gasteiger partial charge in [0, 0.05) is 17.5 Å². The second-order valence-corrected chi connectivity index (χ2v) is 3.83. The van der Waals surface area contributed by atoms with Gasteiger partial charge >= 0.3 is 0 Å². The van der Waals surface area contributed by atoms with E-state index in [4.69, 9.17) is 5.73 Å². The van der Waals surface area contributed by atoms with Crippen LogP contribution in [0.15, 0.2) is 18.2 Å². The highest BCUT2D eigenvalue weighted by atomic mass is 35.5. The Labute approximate surface area is 106 Å². The summed E-state index contributed by atoms with van der Waals surface area (Å²) in [7, 11) is 0. The SMILES string of the molecule is CC(=O)c1ccc(CC(=O)C(C)N)c(O)c1.Cl. The summed E-state index contributed by atoms with van der Waals surface area (Å²) in [5.41, 5.74) is 6.35. The highest BCUT2D eigenvalue weighted by Gasteiger charge is 2.12. The molecular formula is C12H16ClNO3. The largest absolute Gasteiger partial charge is 0.508 e. The highest BCUT2D eigenvalue weighted by molar-refractivity contribution is 5.94. The standard InChI is InChI=1S/C12H15NO3.ClH/c1-7(13)11(15)6-10-4-3-9(8(2)14)5-12(10)16;/h3-5,7,16H,6,13H2,1-2H3;1H. The molecule has 1 aromatic carbocycles. The molecule has 0 fully saturated rings. The van der Waals surface area contributed by atoms with Crippen LogP contribution in [0, 0.1) is 0 Å². The van der Waals surface area contributed by atoms with Crippen molar-refractivity contribution in [1.29, 1.82) is 0 Å². The molecule has 3 N–H and O–H groups in total. The fourth-order valence-corrected chi connectivity index (χ4v) is 1.28. The lowest BCUT2D eigenvalue weighted by molar-refractivity contribution is -0.119. The van der Waals surface area contributed by atoms with E-state index < -0.39 is 6.04 Å². The van der Waals surface area contributed by atoms with Crippen molar-refractivity contribution in [3.63, 3.8) is 0 Å². The Morgan fingerprint density at radius 2 is 2.00 bits per heavy atom. The first-order chi connectivity index (χ1) is 7.41. The lowest BCUT2D eigenvalue weighted by Crippen LogP contribution is -2.28. The van der Waals surface area contributed by atoms with Gasteiger partial charge in [0.05, 0.1) is 6.04 Å². The van der Waals surface area contributed by atoms with Gasteiger partial charge in [-0.1, -0.05) is 12.1 Å². The molecule has 0 saturated heterocycles. The number of aromatic hydroxyl groups is 1. The third kappa shape index (κ3) is 4.17. The summed E-state index contributed by atoms with van der Waals surface area (Å²) in [4.78, 5) is 22.4. The maximum absolute atomic E-state index is 11.4. The second kappa shape index (κ2) is 6.37. The van der Waals surface area contributed by atoms with E-state index >= 15 is 0 Å². The highest BCUT2D eigenvalue weighted by Crippen LogP contribution is 2.20. The van der Waals surface area contributed by atoms with Crippen molar-refractivity contribution in [1.82, 2.24) is 0 Å². The number of benzene rings is 1. The van der Waals surface area contributed by atoms with Crippen LogP contribution in [-0.2, 0) is 11.2 Å². The number of nitrogens with two attached hydrogens (primary N) is 1. The Bertz CT molecular complexity index is 430. The second-order valence-electron chi connectivity index (χ2n) is 3.83. The molecule has 0 heterocycles. The summed E-state index contributed by atoms with van der Waals surface area (Å²) in [5.74, 6) is -0.312. The van der Waals surface area contributed by atoms with Gasteiger partial charge in [-0.15, -0.1) is 12.4 Å². The number of Topliss-reactive ketones (excluding diaryl/α,β-unsaturated/α-hetero) is 2. The molecular weight excluding hydrogens is 242 g/mol. The predicted octanol–water partition coefficient (Wildman–Crippen LogP) is 1.48. The van der Waals surface area contributed by atoms with Gasteiger partial charge in [0.1, 0.15) is 5.75 Å². The Morgan fingerprint density at radius 1 is 1.41 bits per heavy atom. The zero-order valence-electron chi connectivity index (χ0n) is 9.77. The van der Waals surface area contributed by atoms with Crippen LogP contribution in [-0.4, -0.2) is 22.7 Å². The van der Waals surface area contributed by atoms with Crippen LogP contribution in [0.3, 0.4) is 0 Å². The van der Waals surface area contributed by atoms with Crippen LogP contribution < -0.4 is 5.73 Å². The van der Waals surface area contributed by atoms with E-state index in [1.807, 2.05) is 0 Å². The number of hydrogen-bond acceptors (Lipinski definition) is 4. The van der Waals surface area contributed by atoms with Crippen LogP contribution >= 0.6 is 12.4 Å². The molecule has 1 rings (SSSR count). The summed E-state index contributed by atoms with van der Waals surface area (Å²) >= 11 is 0. The van der Waals surface area contributed by atoms with E-state index in [0.29, 0.717) is 11.1 Å².